The lowest BCUT2D eigenvalue weighted by molar-refractivity contribution is -0.161. The van der Waals surface area contributed by atoms with Gasteiger partial charge in [0.25, 0.3) is 0 Å². The normalized spacial score (nSPS) is 13.9. The number of rotatable bonds is 39. The topological polar surface area (TPSA) is 151 Å². The van der Waals surface area contributed by atoms with Crippen molar-refractivity contribution in [2.75, 3.05) is 26.4 Å². The summed E-state index contributed by atoms with van der Waals surface area (Å²) in [4.78, 5) is 46.9. The van der Waals surface area contributed by atoms with E-state index in [1.54, 1.807) is 6.08 Å². The summed E-state index contributed by atoms with van der Waals surface area (Å²) in [5, 5.41) is 0. The third kappa shape index (κ3) is 39.4. The summed E-state index contributed by atoms with van der Waals surface area (Å²) >= 11 is 0. The van der Waals surface area contributed by atoms with Crippen LogP contribution in [0, 0.1) is 0 Å². The average molecular weight is 806 g/mol. The van der Waals surface area contributed by atoms with E-state index in [1.165, 1.54) is 44.9 Å². The van der Waals surface area contributed by atoms with Gasteiger partial charge in [0.1, 0.15) is 6.61 Å². The van der Waals surface area contributed by atoms with Gasteiger partial charge in [0, 0.05) is 25.8 Å². The van der Waals surface area contributed by atoms with Crippen molar-refractivity contribution in [3.8, 4) is 0 Å². The van der Waals surface area contributed by atoms with Crippen molar-refractivity contribution in [2.24, 2.45) is 5.73 Å². The van der Waals surface area contributed by atoms with Crippen molar-refractivity contribution in [1.29, 1.82) is 0 Å². The number of hydrogen-bond acceptors (Lipinski definition) is 9. The van der Waals surface area contributed by atoms with Crippen LogP contribution in [0.5, 0.6) is 0 Å². The number of phosphoric acid groups is 1. The average Bonchev–Trinajstić information content (AvgIpc) is 3.18. The molecule has 0 spiro atoms. The first-order valence-electron chi connectivity index (χ1n) is 21.4. The molecule has 0 amide bonds. The number of esters is 2. The van der Waals surface area contributed by atoms with E-state index < -0.39 is 32.5 Å². The molecular weight excluding hydrogens is 729 g/mol. The highest BCUT2D eigenvalue weighted by atomic mass is 31.2. The predicted octanol–water partition coefficient (Wildman–Crippen LogP) is 11.5. The molecule has 0 saturated heterocycles. The van der Waals surface area contributed by atoms with Gasteiger partial charge in [-0.3, -0.25) is 23.4 Å². The number of ether oxygens (including phenoxy) is 2. The Morgan fingerprint density at radius 3 is 1.68 bits per heavy atom. The van der Waals surface area contributed by atoms with Gasteiger partial charge >= 0.3 is 19.8 Å². The van der Waals surface area contributed by atoms with Crippen molar-refractivity contribution in [3.63, 3.8) is 0 Å². The van der Waals surface area contributed by atoms with Crippen LogP contribution in [-0.4, -0.2) is 55.1 Å². The number of allylic oxidation sites excluding steroid dienone is 12. The van der Waals surface area contributed by atoms with E-state index in [-0.39, 0.29) is 38.4 Å². The Morgan fingerprint density at radius 2 is 1.09 bits per heavy atom. The standard InChI is InChI=1S/C45H76NO9P/c1-3-5-7-9-11-12-13-14-15-16-17-18-19-20-21-22-24-28-32-36-44(48)52-40-43(41-54-56(50,51)53-39-38-46)55-45(49)37-33-29-25-27-31-35-42(47)34-30-26-23-10-8-6-4-2/h11-12,14-15,17-18,20-21,23,26,30,34,43H,3-10,13,16,19,22,24-25,27-29,31-33,35-41,46H2,1-2H3,(H,50,51)/b12-11-,15-14-,18-17-,21-20-,26-23-,34-30+/t43-/m1/s1. The minimum Gasteiger partial charge on any atom is -0.462 e. The van der Waals surface area contributed by atoms with Crippen molar-refractivity contribution in [2.45, 2.75) is 168 Å². The molecule has 0 aliphatic carbocycles. The van der Waals surface area contributed by atoms with Crippen LogP contribution < -0.4 is 5.73 Å². The van der Waals surface area contributed by atoms with Gasteiger partial charge in [0.15, 0.2) is 11.9 Å². The van der Waals surface area contributed by atoms with E-state index in [4.69, 9.17) is 24.3 Å². The van der Waals surface area contributed by atoms with Crippen molar-refractivity contribution < 1.29 is 42.4 Å². The summed E-state index contributed by atoms with van der Waals surface area (Å²) in [6, 6.07) is 0. The van der Waals surface area contributed by atoms with Gasteiger partial charge < -0.3 is 20.1 Å². The van der Waals surface area contributed by atoms with Crippen LogP contribution in [0.3, 0.4) is 0 Å². The zero-order valence-corrected chi connectivity index (χ0v) is 35.7. The van der Waals surface area contributed by atoms with Crippen LogP contribution in [0.1, 0.15) is 162 Å². The molecule has 11 heteroatoms. The molecule has 0 fully saturated rings. The first-order valence-corrected chi connectivity index (χ1v) is 22.9. The van der Waals surface area contributed by atoms with Gasteiger partial charge in [0.05, 0.1) is 13.2 Å². The van der Waals surface area contributed by atoms with Crippen molar-refractivity contribution in [3.05, 3.63) is 72.9 Å². The molecule has 0 rings (SSSR count). The van der Waals surface area contributed by atoms with E-state index in [0.29, 0.717) is 19.3 Å². The molecule has 0 aromatic rings. The Labute approximate surface area is 339 Å². The summed E-state index contributed by atoms with van der Waals surface area (Å²) in [7, 11) is -4.42. The number of hydrogen-bond donors (Lipinski definition) is 2. The highest BCUT2D eigenvalue weighted by molar-refractivity contribution is 7.47. The SMILES string of the molecule is CCCCC/C=C\C=C\C(=O)CCCCCCCC(=O)O[C@H](COC(=O)CCCCC/C=C\C/C=C\C/C=C\C/C=C\CCCCC)COP(=O)(O)OCCN. The van der Waals surface area contributed by atoms with E-state index in [0.717, 1.165) is 70.6 Å². The van der Waals surface area contributed by atoms with Gasteiger partial charge in [-0.25, -0.2) is 4.57 Å². The summed E-state index contributed by atoms with van der Waals surface area (Å²) in [5.74, 6) is -0.853. The van der Waals surface area contributed by atoms with Crippen LogP contribution in [-0.2, 0) is 37.5 Å². The lowest BCUT2D eigenvalue weighted by Crippen LogP contribution is -2.29. The first kappa shape index (κ1) is 53.1. The van der Waals surface area contributed by atoms with Crippen LogP contribution in [0.2, 0.25) is 0 Å². The monoisotopic (exact) mass is 806 g/mol. The molecule has 0 radical (unpaired) electrons. The molecule has 0 aromatic carbocycles. The van der Waals surface area contributed by atoms with Crippen LogP contribution in [0.15, 0.2) is 72.9 Å². The Kier molecular flexibility index (Phi) is 38.2. The second-order valence-electron chi connectivity index (χ2n) is 13.9. The largest absolute Gasteiger partial charge is 0.472 e. The smallest absolute Gasteiger partial charge is 0.462 e. The summed E-state index contributed by atoms with van der Waals surface area (Å²) in [6.45, 7) is 3.45. The number of carbonyl (C=O) groups excluding carboxylic acids is 3. The minimum atomic E-state index is -4.42. The van der Waals surface area contributed by atoms with Crippen LogP contribution in [0.25, 0.3) is 0 Å². The second kappa shape index (κ2) is 40.3. The molecule has 0 aliphatic rings. The molecule has 0 bridgehead atoms. The predicted molar refractivity (Wildman–Crippen MR) is 229 cm³/mol. The number of ketones is 1. The fourth-order valence-corrected chi connectivity index (χ4v) is 6.07. The van der Waals surface area contributed by atoms with Crippen molar-refractivity contribution in [1.82, 2.24) is 0 Å². The maximum atomic E-state index is 12.6. The highest BCUT2D eigenvalue weighted by Crippen LogP contribution is 2.43. The Hall–Kier alpha value is -2.88. The third-order valence-corrected chi connectivity index (χ3v) is 9.53. The fourth-order valence-electron chi connectivity index (χ4n) is 5.30. The van der Waals surface area contributed by atoms with Gasteiger partial charge in [-0.2, -0.15) is 0 Å². The highest BCUT2D eigenvalue weighted by Gasteiger charge is 2.26. The first-order chi connectivity index (χ1) is 27.2. The molecule has 0 aliphatic heterocycles. The van der Waals surface area contributed by atoms with E-state index in [2.05, 4.69) is 68.5 Å². The van der Waals surface area contributed by atoms with E-state index >= 15 is 0 Å². The Bertz CT molecular complexity index is 1210. The van der Waals surface area contributed by atoms with E-state index in [9.17, 15) is 23.8 Å². The van der Waals surface area contributed by atoms with Crippen LogP contribution in [0.4, 0.5) is 0 Å². The van der Waals surface area contributed by atoms with Gasteiger partial charge in [-0.05, 0) is 83.1 Å². The zero-order valence-electron chi connectivity index (χ0n) is 34.8. The summed E-state index contributed by atoms with van der Waals surface area (Å²) in [5.41, 5.74) is 5.33. The van der Waals surface area contributed by atoms with Crippen LogP contribution >= 0.6 is 7.82 Å². The molecular formula is C45H76NO9P. The van der Waals surface area contributed by atoms with Gasteiger partial charge in [-0.1, -0.05) is 132 Å². The number of nitrogens with two attached hydrogens (primary N) is 1. The summed E-state index contributed by atoms with van der Waals surface area (Å²) < 4.78 is 32.6. The molecule has 1 unspecified atom stereocenters. The second-order valence-corrected chi connectivity index (χ2v) is 15.3. The van der Waals surface area contributed by atoms with Gasteiger partial charge in [-0.15, -0.1) is 0 Å². The van der Waals surface area contributed by atoms with Gasteiger partial charge in [0.2, 0.25) is 0 Å². The minimum absolute atomic E-state index is 0.0255. The number of carbonyl (C=O) groups is 3. The summed E-state index contributed by atoms with van der Waals surface area (Å²) in [6.07, 6.45) is 44.6. The lowest BCUT2D eigenvalue weighted by atomic mass is 10.1. The lowest BCUT2D eigenvalue weighted by Gasteiger charge is -2.19. The third-order valence-electron chi connectivity index (χ3n) is 8.54. The molecule has 2 atom stereocenters. The van der Waals surface area contributed by atoms with Crippen molar-refractivity contribution >= 4 is 25.5 Å². The quantitative estimate of drug-likeness (QED) is 0.0153. The zero-order chi connectivity index (χ0) is 41.2. The maximum Gasteiger partial charge on any atom is 0.472 e. The Morgan fingerprint density at radius 1 is 0.589 bits per heavy atom. The molecule has 0 heterocycles. The molecule has 320 valence electrons. The fraction of sp³-hybridized carbons (Fsp3) is 0.667. The molecule has 56 heavy (non-hydrogen) atoms. The molecule has 0 aromatic heterocycles. The molecule has 10 nitrogen and oxygen atoms in total. The number of unbranched alkanes of at least 4 members (excludes halogenated alkanes) is 13. The molecule has 0 saturated carbocycles. The maximum absolute atomic E-state index is 12.6. The Balaban J connectivity index is 4.33. The van der Waals surface area contributed by atoms with E-state index in [1.807, 2.05) is 12.2 Å². The molecule has 3 N–H and O–H groups in total. The number of phosphoric ester groups is 1.